The van der Waals surface area contributed by atoms with Gasteiger partial charge in [0.2, 0.25) is 10.0 Å². The standard InChI is InChI=1S/C21H18ClFN4O2S/c22-17-6-7-18(23)20-19(17)21(16(12-24)13-25-20)26-8-10-27(11-9-26)30(28,29)14-15-4-2-1-3-5-15/h1-7,13H,8-11,14H2. The Hall–Kier alpha value is -2.73. The van der Waals surface area contributed by atoms with E-state index in [0.717, 1.165) is 5.56 Å². The molecule has 0 spiro atoms. The molecule has 6 nitrogen and oxygen atoms in total. The zero-order valence-corrected chi connectivity index (χ0v) is 17.5. The highest BCUT2D eigenvalue weighted by molar-refractivity contribution is 7.88. The predicted molar refractivity (Wildman–Crippen MR) is 114 cm³/mol. The first-order chi connectivity index (χ1) is 14.4. The molecule has 0 N–H and O–H groups in total. The van der Waals surface area contributed by atoms with Crippen molar-refractivity contribution in [2.45, 2.75) is 5.75 Å². The van der Waals surface area contributed by atoms with Crippen LogP contribution in [0.5, 0.6) is 0 Å². The molecule has 0 saturated carbocycles. The van der Waals surface area contributed by atoms with E-state index in [9.17, 15) is 18.1 Å². The lowest BCUT2D eigenvalue weighted by Crippen LogP contribution is -2.49. The molecule has 0 bridgehead atoms. The molecule has 1 saturated heterocycles. The van der Waals surface area contributed by atoms with Gasteiger partial charge in [0.1, 0.15) is 17.4 Å². The Morgan fingerprint density at radius 1 is 1.10 bits per heavy atom. The molecule has 2 aromatic carbocycles. The van der Waals surface area contributed by atoms with Crippen molar-refractivity contribution >= 4 is 38.2 Å². The third kappa shape index (κ3) is 3.84. The van der Waals surface area contributed by atoms with E-state index in [-0.39, 0.29) is 29.9 Å². The molecule has 0 aliphatic carbocycles. The van der Waals surface area contributed by atoms with E-state index in [1.54, 1.807) is 12.1 Å². The van der Waals surface area contributed by atoms with E-state index in [0.29, 0.717) is 29.2 Å². The molecular weight excluding hydrogens is 427 g/mol. The van der Waals surface area contributed by atoms with Crippen LogP contribution in [0.25, 0.3) is 10.9 Å². The molecule has 0 atom stereocenters. The molecule has 30 heavy (non-hydrogen) atoms. The van der Waals surface area contributed by atoms with Gasteiger partial charge in [-0.1, -0.05) is 41.9 Å². The summed E-state index contributed by atoms with van der Waals surface area (Å²) in [5.74, 6) is -0.587. The first kappa shape index (κ1) is 20.5. The SMILES string of the molecule is N#Cc1cnc2c(F)ccc(Cl)c2c1N1CCN(S(=O)(=O)Cc2ccccc2)CC1. The first-order valence-electron chi connectivity index (χ1n) is 9.34. The summed E-state index contributed by atoms with van der Waals surface area (Å²) in [6.07, 6.45) is 1.33. The zero-order valence-electron chi connectivity index (χ0n) is 15.9. The fourth-order valence-corrected chi connectivity index (χ4v) is 5.45. The maximum absolute atomic E-state index is 14.3. The van der Waals surface area contributed by atoms with Crippen LogP contribution in [-0.2, 0) is 15.8 Å². The van der Waals surface area contributed by atoms with Crippen LogP contribution in [0.2, 0.25) is 5.02 Å². The van der Waals surface area contributed by atoms with Gasteiger partial charge in [0, 0.05) is 37.8 Å². The smallest absolute Gasteiger partial charge is 0.218 e. The average Bonchev–Trinajstić information content (AvgIpc) is 2.76. The molecule has 0 radical (unpaired) electrons. The summed E-state index contributed by atoms with van der Waals surface area (Å²) in [7, 11) is -3.47. The number of aromatic nitrogens is 1. The Morgan fingerprint density at radius 3 is 2.47 bits per heavy atom. The number of anilines is 1. The predicted octanol–water partition coefficient (Wildman–Crippen LogP) is 3.55. The highest BCUT2D eigenvalue weighted by Crippen LogP contribution is 2.36. The van der Waals surface area contributed by atoms with Crippen molar-refractivity contribution in [3.8, 4) is 6.07 Å². The van der Waals surface area contributed by atoms with Crippen molar-refractivity contribution in [3.63, 3.8) is 0 Å². The number of nitrogens with zero attached hydrogens (tertiary/aromatic N) is 4. The number of halogens is 2. The number of pyridine rings is 1. The number of nitriles is 1. The molecule has 0 amide bonds. The first-order valence-corrected chi connectivity index (χ1v) is 11.3. The van der Waals surface area contributed by atoms with Gasteiger partial charge in [0.25, 0.3) is 0 Å². The van der Waals surface area contributed by atoms with Crippen LogP contribution in [-0.4, -0.2) is 43.9 Å². The van der Waals surface area contributed by atoms with Crippen LogP contribution in [0.3, 0.4) is 0 Å². The second-order valence-corrected chi connectivity index (χ2v) is 9.39. The number of benzene rings is 2. The summed E-state index contributed by atoms with van der Waals surface area (Å²) < 4.78 is 41.3. The van der Waals surface area contributed by atoms with Gasteiger partial charge in [-0.05, 0) is 17.7 Å². The molecule has 9 heteroatoms. The van der Waals surface area contributed by atoms with E-state index in [4.69, 9.17) is 11.6 Å². The van der Waals surface area contributed by atoms with Gasteiger partial charge >= 0.3 is 0 Å². The molecule has 0 unspecified atom stereocenters. The van der Waals surface area contributed by atoms with Gasteiger partial charge in [-0.15, -0.1) is 0 Å². The summed E-state index contributed by atoms with van der Waals surface area (Å²) in [5.41, 5.74) is 1.59. The molecule has 1 aliphatic heterocycles. The lowest BCUT2D eigenvalue weighted by atomic mass is 10.1. The molecule has 3 aromatic rings. The normalized spacial score (nSPS) is 15.3. The molecule has 2 heterocycles. The number of fused-ring (bicyclic) bond motifs is 1. The van der Waals surface area contributed by atoms with Crippen molar-refractivity contribution in [2.24, 2.45) is 0 Å². The summed E-state index contributed by atoms with van der Waals surface area (Å²) in [6, 6.07) is 13.8. The van der Waals surface area contributed by atoms with Crippen molar-refractivity contribution in [3.05, 3.63) is 70.6 Å². The largest absolute Gasteiger partial charge is 0.367 e. The van der Waals surface area contributed by atoms with E-state index in [1.807, 2.05) is 23.1 Å². The Bertz CT molecular complexity index is 1240. The van der Waals surface area contributed by atoms with Crippen molar-refractivity contribution in [1.82, 2.24) is 9.29 Å². The summed E-state index contributed by atoms with van der Waals surface area (Å²) in [4.78, 5) is 5.93. The topological polar surface area (TPSA) is 77.3 Å². The summed E-state index contributed by atoms with van der Waals surface area (Å²) in [5, 5.41) is 10.2. The van der Waals surface area contributed by atoms with E-state index in [2.05, 4.69) is 11.1 Å². The Balaban J connectivity index is 1.61. The van der Waals surface area contributed by atoms with Crippen molar-refractivity contribution < 1.29 is 12.8 Å². The van der Waals surface area contributed by atoms with Gasteiger partial charge in [-0.25, -0.2) is 12.8 Å². The summed E-state index contributed by atoms with van der Waals surface area (Å²) >= 11 is 6.32. The average molecular weight is 445 g/mol. The van der Waals surface area contributed by atoms with Crippen LogP contribution < -0.4 is 4.90 Å². The van der Waals surface area contributed by atoms with E-state index >= 15 is 0 Å². The lowest BCUT2D eigenvalue weighted by Gasteiger charge is -2.36. The highest BCUT2D eigenvalue weighted by atomic mass is 35.5. The number of rotatable bonds is 4. The Kier molecular flexibility index (Phi) is 5.60. The maximum atomic E-state index is 14.3. The minimum atomic E-state index is -3.47. The Labute approximate surface area is 179 Å². The fraction of sp³-hybridized carbons (Fsp3) is 0.238. The number of hydrogen-bond acceptors (Lipinski definition) is 5. The quantitative estimate of drug-likeness (QED) is 0.615. The van der Waals surface area contributed by atoms with Gasteiger partial charge in [-0.2, -0.15) is 9.57 Å². The Morgan fingerprint density at radius 2 is 1.80 bits per heavy atom. The number of piperazine rings is 1. The van der Waals surface area contributed by atoms with E-state index < -0.39 is 15.8 Å². The van der Waals surface area contributed by atoms with Gasteiger partial charge in [0.15, 0.2) is 0 Å². The lowest BCUT2D eigenvalue weighted by molar-refractivity contribution is 0.384. The molecule has 1 aromatic heterocycles. The third-order valence-electron chi connectivity index (χ3n) is 5.15. The monoisotopic (exact) mass is 444 g/mol. The second kappa shape index (κ2) is 8.19. The van der Waals surface area contributed by atoms with Crippen LogP contribution in [0.4, 0.5) is 10.1 Å². The van der Waals surface area contributed by atoms with Crippen molar-refractivity contribution in [2.75, 3.05) is 31.1 Å². The number of sulfonamides is 1. The van der Waals surface area contributed by atoms with Crippen LogP contribution in [0.1, 0.15) is 11.1 Å². The minimum Gasteiger partial charge on any atom is -0.367 e. The maximum Gasteiger partial charge on any atom is 0.218 e. The van der Waals surface area contributed by atoms with E-state index in [1.165, 1.54) is 22.6 Å². The van der Waals surface area contributed by atoms with Gasteiger partial charge in [0.05, 0.1) is 22.0 Å². The van der Waals surface area contributed by atoms with Crippen LogP contribution in [0.15, 0.2) is 48.7 Å². The fourth-order valence-electron chi connectivity index (χ4n) is 3.69. The van der Waals surface area contributed by atoms with Crippen LogP contribution in [0, 0.1) is 17.1 Å². The third-order valence-corrected chi connectivity index (χ3v) is 7.32. The highest BCUT2D eigenvalue weighted by Gasteiger charge is 2.29. The van der Waals surface area contributed by atoms with Gasteiger partial charge in [-0.3, -0.25) is 4.98 Å². The summed E-state index contributed by atoms with van der Waals surface area (Å²) in [6.45, 7) is 1.23. The minimum absolute atomic E-state index is 0.0630. The molecule has 1 aliphatic rings. The second-order valence-electron chi connectivity index (χ2n) is 7.01. The molecule has 4 rings (SSSR count). The molecule has 1 fully saturated rings. The van der Waals surface area contributed by atoms with Gasteiger partial charge < -0.3 is 4.90 Å². The van der Waals surface area contributed by atoms with Crippen LogP contribution >= 0.6 is 11.6 Å². The molecule has 154 valence electrons. The molecular formula is C21H18ClFN4O2S. The zero-order chi connectivity index (χ0) is 21.3. The number of hydrogen-bond donors (Lipinski definition) is 0. The van der Waals surface area contributed by atoms with Crippen molar-refractivity contribution in [1.29, 1.82) is 5.26 Å².